The first-order valence-electron chi connectivity index (χ1n) is 4.71. The lowest BCUT2D eigenvalue weighted by molar-refractivity contribution is 0.386. The zero-order chi connectivity index (χ0) is 10.7. The van der Waals surface area contributed by atoms with Gasteiger partial charge >= 0.3 is 0 Å². The van der Waals surface area contributed by atoms with Crippen molar-refractivity contribution in [1.29, 1.82) is 0 Å². The Balaban J connectivity index is 2.25. The number of hydrogen-bond donors (Lipinski definition) is 1. The van der Waals surface area contributed by atoms with Crippen molar-refractivity contribution >= 4 is 15.9 Å². The summed E-state index contributed by atoms with van der Waals surface area (Å²) in [5, 5.41) is 3.99. The van der Waals surface area contributed by atoms with E-state index < -0.39 is 0 Å². The van der Waals surface area contributed by atoms with Crippen LogP contribution >= 0.6 is 15.9 Å². The van der Waals surface area contributed by atoms with Gasteiger partial charge in [0, 0.05) is 22.5 Å². The lowest BCUT2D eigenvalue weighted by atomic mass is 10.1. The number of nitrogens with two attached hydrogens (primary N) is 1. The third kappa shape index (κ3) is 2.46. The van der Waals surface area contributed by atoms with Crippen molar-refractivity contribution in [2.75, 3.05) is 6.54 Å². The zero-order valence-corrected chi connectivity index (χ0v) is 9.70. The molecule has 0 spiro atoms. The van der Waals surface area contributed by atoms with Gasteiger partial charge in [-0.25, -0.2) is 0 Å². The Bertz CT molecular complexity index is 436. The van der Waals surface area contributed by atoms with E-state index in [2.05, 4.69) is 21.1 Å². The molecule has 0 atom stereocenters. The quantitative estimate of drug-likeness (QED) is 0.929. The Labute approximate surface area is 96.4 Å². The lowest BCUT2D eigenvalue weighted by Gasteiger charge is -1.94. The summed E-state index contributed by atoms with van der Waals surface area (Å²) < 4.78 is 6.20. The fraction of sp³-hybridized carbons (Fsp3) is 0.182. The SMILES string of the molecule is NCCc1cc(-c2ccc(Br)cc2)no1. The maximum absolute atomic E-state index is 5.43. The van der Waals surface area contributed by atoms with Crippen LogP contribution in [0.1, 0.15) is 5.76 Å². The molecule has 2 aromatic rings. The predicted octanol–water partition coefficient (Wildman–Crippen LogP) is 2.61. The first-order valence-corrected chi connectivity index (χ1v) is 5.50. The summed E-state index contributed by atoms with van der Waals surface area (Å²) in [4.78, 5) is 0. The first kappa shape index (κ1) is 10.4. The maximum atomic E-state index is 5.43. The third-order valence-corrected chi connectivity index (χ3v) is 2.62. The molecule has 0 bridgehead atoms. The Morgan fingerprint density at radius 1 is 1.27 bits per heavy atom. The minimum Gasteiger partial charge on any atom is -0.361 e. The molecule has 0 fully saturated rings. The number of aromatic nitrogens is 1. The average molecular weight is 267 g/mol. The Hall–Kier alpha value is -1.13. The summed E-state index contributed by atoms with van der Waals surface area (Å²) in [6, 6.07) is 9.87. The Morgan fingerprint density at radius 2 is 2.00 bits per heavy atom. The van der Waals surface area contributed by atoms with Gasteiger partial charge in [-0.1, -0.05) is 33.2 Å². The van der Waals surface area contributed by atoms with Gasteiger partial charge in [0.05, 0.1) is 0 Å². The normalized spacial score (nSPS) is 10.5. The van der Waals surface area contributed by atoms with Crippen LogP contribution in [0.15, 0.2) is 39.3 Å². The first-order chi connectivity index (χ1) is 7.29. The second kappa shape index (κ2) is 4.59. The highest BCUT2D eigenvalue weighted by Gasteiger charge is 2.05. The molecular formula is C11H11BrN2O. The molecule has 0 aliphatic carbocycles. The summed E-state index contributed by atoms with van der Waals surface area (Å²) in [6.45, 7) is 0.578. The van der Waals surface area contributed by atoms with Crippen LogP contribution in [0.3, 0.4) is 0 Å². The molecule has 1 aromatic heterocycles. The van der Waals surface area contributed by atoms with Crippen molar-refractivity contribution < 1.29 is 4.52 Å². The molecule has 0 aliphatic heterocycles. The summed E-state index contributed by atoms with van der Waals surface area (Å²) in [6.07, 6.45) is 0.726. The van der Waals surface area contributed by atoms with Crippen molar-refractivity contribution in [3.05, 3.63) is 40.6 Å². The maximum Gasteiger partial charge on any atom is 0.138 e. The van der Waals surface area contributed by atoms with Gasteiger partial charge < -0.3 is 10.3 Å². The van der Waals surface area contributed by atoms with Crippen LogP contribution in [0.5, 0.6) is 0 Å². The number of nitrogens with zero attached hydrogens (tertiary/aromatic N) is 1. The largest absolute Gasteiger partial charge is 0.361 e. The summed E-state index contributed by atoms with van der Waals surface area (Å²) >= 11 is 3.39. The summed E-state index contributed by atoms with van der Waals surface area (Å²) in [5.41, 5.74) is 7.33. The van der Waals surface area contributed by atoms with Gasteiger partial charge in [0.25, 0.3) is 0 Å². The number of halogens is 1. The van der Waals surface area contributed by atoms with Crippen molar-refractivity contribution in [3.8, 4) is 11.3 Å². The second-order valence-electron chi connectivity index (χ2n) is 3.22. The van der Waals surface area contributed by atoms with E-state index in [1.54, 1.807) is 0 Å². The molecule has 1 aromatic carbocycles. The fourth-order valence-corrected chi connectivity index (χ4v) is 1.59. The van der Waals surface area contributed by atoms with E-state index in [1.165, 1.54) is 0 Å². The molecule has 0 saturated carbocycles. The van der Waals surface area contributed by atoms with Gasteiger partial charge in [0.1, 0.15) is 11.5 Å². The highest BCUT2D eigenvalue weighted by Crippen LogP contribution is 2.21. The molecule has 0 radical (unpaired) electrons. The minimum absolute atomic E-state index is 0.578. The average Bonchev–Trinajstić information content (AvgIpc) is 2.68. The Morgan fingerprint density at radius 3 is 2.67 bits per heavy atom. The van der Waals surface area contributed by atoms with Gasteiger partial charge in [-0.05, 0) is 18.7 Å². The number of rotatable bonds is 3. The van der Waals surface area contributed by atoms with Crippen molar-refractivity contribution in [1.82, 2.24) is 5.16 Å². The molecule has 2 rings (SSSR count). The van der Waals surface area contributed by atoms with E-state index in [1.807, 2.05) is 30.3 Å². The van der Waals surface area contributed by atoms with E-state index in [4.69, 9.17) is 10.3 Å². The van der Waals surface area contributed by atoms with Gasteiger partial charge in [0.15, 0.2) is 0 Å². The van der Waals surface area contributed by atoms with Crippen LogP contribution < -0.4 is 5.73 Å². The standard InChI is InChI=1S/C11H11BrN2O/c12-9-3-1-8(2-4-9)11-7-10(5-6-13)15-14-11/h1-4,7H,5-6,13H2. The van der Waals surface area contributed by atoms with E-state index >= 15 is 0 Å². The molecule has 15 heavy (non-hydrogen) atoms. The minimum atomic E-state index is 0.578. The summed E-state index contributed by atoms with van der Waals surface area (Å²) in [5.74, 6) is 0.829. The zero-order valence-electron chi connectivity index (χ0n) is 8.11. The molecule has 78 valence electrons. The molecule has 4 heteroatoms. The molecule has 0 saturated heterocycles. The molecule has 3 nitrogen and oxygen atoms in total. The fourth-order valence-electron chi connectivity index (χ4n) is 1.33. The van der Waals surface area contributed by atoms with Crippen LogP contribution in [0.4, 0.5) is 0 Å². The van der Waals surface area contributed by atoms with Gasteiger partial charge in [-0.3, -0.25) is 0 Å². The van der Waals surface area contributed by atoms with Crippen LogP contribution in [0.2, 0.25) is 0 Å². The molecule has 1 heterocycles. The Kier molecular flexibility index (Phi) is 3.18. The van der Waals surface area contributed by atoms with Gasteiger partial charge in [-0.2, -0.15) is 0 Å². The van der Waals surface area contributed by atoms with Gasteiger partial charge in [0.2, 0.25) is 0 Å². The number of benzene rings is 1. The van der Waals surface area contributed by atoms with Crippen LogP contribution in [-0.2, 0) is 6.42 Å². The van der Waals surface area contributed by atoms with E-state index in [9.17, 15) is 0 Å². The number of hydrogen-bond acceptors (Lipinski definition) is 3. The van der Waals surface area contributed by atoms with Crippen molar-refractivity contribution in [3.63, 3.8) is 0 Å². The molecule has 0 amide bonds. The molecule has 2 N–H and O–H groups in total. The topological polar surface area (TPSA) is 52.0 Å². The van der Waals surface area contributed by atoms with Crippen LogP contribution in [-0.4, -0.2) is 11.7 Å². The highest BCUT2D eigenvalue weighted by molar-refractivity contribution is 9.10. The van der Waals surface area contributed by atoms with E-state index in [0.29, 0.717) is 6.54 Å². The van der Waals surface area contributed by atoms with E-state index in [-0.39, 0.29) is 0 Å². The smallest absolute Gasteiger partial charge is 0.138 e. The second-order valence-corrected chi connectivity index (χ2v) is 4.14. The van der Waals surface area contributed by atoms with Crippen molar-refractivity contribution in [2.45, 2.75) is 6.42 Å². The van der Waals surface area contributed by atoms with Crippen molar-refractivity contribution in [2.24, 2.45) is 5.73 Å². The summed E-state index contributed by atoms with van der Waals surface area (Å²) in [7, 11) is 0. The highest BCUT2D eigenvalue weighted by atomic mass is 79.9. The molecule has 0 unspecified atom stereocenters. The van der Waals surface area contributed by atoms with Crippen LogP contribution in [0.25, 0.3) is 11.3 Å². The lowest BCUT2D eigenvalue weighted by Crippen LogP contribution is -2.01. The molecule has 0 aliphatic rings. The van der Waals surface area contributed by atoms with E-state index in [0.717, 1.165) is 27.9 Å². The predicted molar refractivity (Wildman–Crippen MR) is 62.4 cm³/mol. The monoisotopic (exact) mass is 266 g/mol. The molecular weight excluding hydrogens is 256 g/mol. The van der Waals surface area contributed by atoms with Crippen LogP contribution in [0, 0.1) is 0 Å². The van der Waals surface area contributed by atoms with Gasteiger partial charge in [-0.15, -0.1) is 0 Å². The third-order valence-electron chi connectivity index (χ3n) is 2.09.